The Morgan fingerprint density at radius 2 is 1.71 bits per heavy atom. The quantitative estimate of drug-likeness (QED) is 0.288. The molecule has 0 saturated carbocycles. The molecule has 0 atom stereocenters. The summed E-state index contributed by atoms with van der Waals surface area (Å²) in [5.41, 5.74) is -0.993. The minimum Gasteiger partial charge on any atom is -0.385 e. The van der Waals surface area contributed by atoms with Crippen molar-refractivity contribution in [2.24, 2.45) is 5.16 Å². The largest absolute Gasteiger partial charge is 0.385 e. The lowest BCUT2D eigenvalue weighted by molar-refractivity contribution is -0.120. The van der Waals surface area contributed by atoms with Crippen LogP contribution in [-0.4, -0.2) is 18.2 Å². The van der Waals surface area contributed by atoms with Gasteiger partial charge in [0.05, 0.1) is 10.6 Å². The molecule has 24 heavy (non-hydrogen) atoms. The zero-order valence-electron chi connectivity index (χ0n) is 12.0. The van der Waals surface area contributed by atoms with Crippen molar-refractivity contribution in [2.45, 2.75) is 6.92 Å². The minimum absolute atomic E-state index is 0.453. The Balaban J connectivity index is 2.05. The van der Waals surface area contributed by atoms with Crippen molar-refractivity contribution in [3.63, 3.8) is 0 Å². The number of carbonyl (C=O) groups is 1. The minimum atomic E-state index is -2.31. The highest BCUT2D eigenvalue weighted by Crippen LogP contribution is 2.27. The summed E-state index contributed by atoms with van der Waals surface area (Å²) in [4.78, 5) is 17.0. The highest BCUT2D eigenvalue weighted by atomic mass is 32.1. The first-order chi connectivity index (χ1) is 11.3. The van der Waals surface area contributed by atoms with Gasteiger partial charge in [0.1, 0.15) is 5.69 Å². The van der Waals surface area contributed by atoms with Gasteiger partial charge in [-0.25, -0.2) is 22.0 Å². The summed E-state index contributed by atoms with van der Waals surface area (Å²) in [7, 11) is 0. The standard InChI is InChI=1S/C14H9F5N2O2S/c1-6(7-3-2-4-24-7)21-23-5-8(22)20-14-12(18)10(16)9(15)11(17)13(14)19/h2-4H,5H2,1H3,(H,20,22)/b21-6+. The molecule has 0 aliphatic heterocycles. The fourth-order valence-corrected chi connectivity index (χ4v) is 2.28. The van der Waals surface area contributed by atoms with Crippen LogP contribution in [0.1, 0.15) is 11.8 Å². The van der Waals surface area contributed by atoms with E-state index in [1.165, 1.54) is 11.3 Å². The molecule has 1 aromatic heterocycles. The lowest BCUT2D eigenvalue weighted by Gasteiger charge is -2.09. The maximum Gasteiger partial charge on any atom is 0.265 e. The first-order valence-electron chi connectivity index (χ1n) is 6.34. The molecular formula is C14H9F5N2O2S. The Bertz CT molecular complexity index is 764. The number of nitrogens with one attached hydrogen (secondary N) is 1. The van der Waals surface area contributed by atoms with Crippen LogP contribution in [0.4, 0.5) is 27.6 Å². The molecule has 0 bridgehead atoms. The summed E-state index contributed by atoms with van der Waals surface area (Å²) in [6, 6.07) is 3.52. The van der Waals surface area contributed by atoms with Gasteiger partial charge in [0.15, 0.2) is 29.9 Å². The van der Waals surface area contributed by atoms with E-state index >= 15 is 0 Å². The number of hydrogen-bond donors (Lipinski definition) is 1. The van der Waals surface area contributed by atoms with E-state index in [1.807, 2.05) is 0 Å². The van der Waals surface area contributed by atoms with Gasteiger partial charge in [-0.2, -0.15) is 0 Å². The fraction of sp³-hybridized carbons (Fsp3) is 0.143. The first kappa shape index (κ1) is 17.9. The maximum atomic E-state index is 13.4. The topological polar surface area (TPSA) is 50.7 Å². The molecule has 10 heteroatoms. The molecule has 128 valence electrons. The highest BCUT2D eigenvalue weighted by molar-refractivity contribution is 7.12. The molecule has 0 fully saturated rings. The van der Waals surface area contributed by atoms with E-state index in [2.05, 4.69) is 5.16 Å². The predicted molar refractivity (Wildman–Crippen MR) is 77.3 cm³/mol. The predicted octanol–water partition coefficient (Wildman–Crippen LogP) is 3.82. The number of carbonyl (C=O) groups excluding carboxylic acids is 1. The van der Waals surface area contributed by atoms with Gasteiger partial charge in [-0.1, -0.05) is 11.2 Å². The number of nitrogens with zero attached hydrogens (tertiary/aromatic N) is 1. The number of hydrogen-bond acceptors (Lipinski definition) is 4. The SMILES string of the molecule is C/C(=N\OCC(=O)Nc1c(F)c(F)c(F)c(F)c1F)c1cccs1. The number of halogens is 5. The summed E-state index contributed by atoms with van der Waals surface area (Å²) in [6.07, 6.45) is 0. The molecule has 1 heterocycles. The Morgan fingerprint density at radius 3 is 2.25 bits per heavy atom. The van der Waals surface area contributed by atoms with Gasteiger partial charge in [0, 0.05) is 0 Å². The van der Waals surface area contributed by atoms with Gasteiger partial charge in [0.25, 0.3) is 5.91 Å². The fourth-order valence-electron chi connectivity index (χ4n) is 1.61. The van der Waals surface area contributed by atoms with Crippen LogP contribution in [0.15, 0.2) is 22.7 Å². The number of thiophene rings is 1. The molecule has 0 spiro atoms. The lowest BCUT2D eigenvalue weighted by Crippen LogP contribution is -2.20. The second kappa shape index (κ2) is 7.39. The van der Waals surface area contributed by atoms with Crippen molar-refractivity contribution in [3.05, 3.63) is 51.5 Å². The highest BCUT2D eigenvalue weighted by Gasteiger charge is 2.26. The third kappa shape index (κ3) is 3.70. The van der Waals surface area contributed by atoms with E-state index in [4.69, 9.17) is 4.84 Å². The molecule has 1 aromatic carbocycles. The third-order valence-electron chi connectivity index (χ3n) is 2.75. The van der Waals surface area contributed by atoms with Crippen molar-refractivity contribution in [1.29, 1.82) is 0 Å². The zero-order valence-corrected chi connectivity index (χ0v) is 12.8. The Morgan fingerprint density at radius 1 is 1.12 bits per heavy atom. The van der Waals surface area contributed by atoms with Crippen molar-refractivity contribution < 1.29 is 31.6 Å². The number of benzene rings is 1. The van der Waals surface area contributed by atoms with Crippen LogP contribution in [0, 0.1) is 29.1 Å². The molecule has 0 aliphatic carbocycles. The first-order valence-corrected chi connectivity index (χ1v) is 7.22. The zero-order chi connectivity index (χ0) is 17.9. The van der Waals surface area contributed by atoms with Crippen LogP contribution in [-0.2, 0) is 9.63 Å². The average molecular weight is 364 g/mol. The molecule has 4 nitrogen and oxygen atoms in total. The smallest absolute Gasteiger partial charge is 0.265 e. The van der Waals surface area contributed by atoms with Crippen LogP contribution in [0.3, 0.4) is 0 Å². The third-order valence-corrected chi connectivity index (χ3v) is 3.73. The van der Waals surface area contributed by atoms with E-state index in [1.54, 1.807) is 29.8 Å². The number of anilines is 1. The van der Waals surface area contributed by atoms with Crippen molar-refractivity contribution in [1.82, 2.24) is 0 Å². The molecule has 0 radical (unpaired) electrons. The second-order valence-electron chi connectivity index (χ2n) is 4.42. The molecule has 2 aromatic rings. The lowest BCUT2D eigenvalue weighted by atomic mass is 10.2. The van der Waals surface area contributed by atoms with Crippen LogP contribution in [0.2, 0.25) is 0 Å². The molecule has 2 rings (SSSR count). The van der Waals surface area contributed by atoms with Crippen LogP contribution >= 0.6 is 11.3 Å². The summed E-state index contributed by atoms with van der Waals surface area (Å²) < 4.78 is 65.7. The average Bonchev–Trinajstić information content (AvgIpc) is 3.09. The van der Waals surface area contributed by atoms with E-state index < -0.39 is 47.3 Å². The van der Waals surface area contributed by atoms with Gasteiger partial charge in [-0.15, -0.1) is 11.3 Å². The van der Waals surface area contributed by atoms with Gasteiger partial charge >= 0.3 is 0 Å². The van der Waals surface area contributed by atoms with Gasteiger partial charge in [0.2, 0.25) is 5.82 Å². The van der Waals surface area contributed by atoms with Crippen molar-refractivity contribution >= 4 is 28.6 Å². The molecule has 1 N–H and O–H groups in total. The Labute approximate surface area is 136 Å². The number of rotatable bonds is 5. The van der Waals surface area contributed by atoms with Crippen molar-refractivity contribution in [2.75, 3.05) is 11.9 Å². The Hall–Kier alpha value is -2.49. The van der Waals surface area contributed by atoms with E-state index in [0.717, 1.165) is 4.88 Å². The van der Waals surface area contributed by atoms with E-state index in [9.17, 15) is 26.7 Å². The number of amides is 1. The summed E-state index contributed by atoms with van der Waals surface area (Å²) in [6.45, 7) is 0.829. The monoisotopic (exact) mass is 364 g/mol. The van der Waals surface area contributed by atoms with Gasteiger partial charge < -0.3 is 10.2 Å². The van der Waals surface area contributed by atoms with Crippen LogP contribution in [0.5, 0.6) is 0 Å². The molecule has 1 amide bonds. The summed E-state index contributed by atoms with van der Waals surface area (Å²) in [5.74, 6) is -12.0. The number of oxime groups is 1. The van der Waals surface area contributed by atoms with Gasteiger partial charge in [-0.3, -0.25) is 4.79 Å². The molecule has 0 saturated heterocycles. The van der Waals surface area contributed by atoms with Crippen molar-refractivity contribution in [3.8, 4) is 0 Å². The molecule has 0 aliphatic rings. The summed E-state index contributed by atoms with van der Waals surface area (Å²) in [5, 5.41) is 6.98. The Kier molecular flexibility index (Phi) is 5.50. The van der Waals surface area contributed by atoms with Gasteiger partial charge in [-0.05, 0) is 18.4 Å². The molecular weight excluding hydrogens is 355 g/mol. The maximum absolute atomic E-state index is 13.4. The molecule has 0 unspecified atom stereocenters. The summed E-state index contributed by atoms with van der Waals surface area (Å²) >= 11 is 1.37. The normalized spacial score (nSPS) is 11.5. The second-order valence-corrected chi connectivity index (χ2v) is 5.37. The van der Waals surface area contributed by atoms with E-state index in [-0.39, 0.29) is 0 Å². The van der Waals surface area contributed by atoms with Crippen LogP contribution < -0.4 is 5.32 Å². The van der Waals surface area contributed by atoms with E-state index in [0.29, 0.717) is 5.71 Å². The van der Waals surface area contributed by atoms with Crippen LogP contribution in [0.25, 0.3) is 0 Å².